The van der Waals surface area contributed by atoms with E-state index >= 15 is 0 Å². The number of rotatable bonds is 4. The summed E-state index contributed by atoms with van der Waals surface area (Å²) in [6.07, 6.45) is 1.75. The SMILES string of the molecule is COc1cc(OC)c(-c2ccnn2-c2ccccc2Cl)cc1I. The lowest BCUT2D eigenvalue weighted by Gasteiger charge is -2.14. The zero-order chi connectivity index (χ0) is 16.4. The lowest BCUT2D eigenvalue weighted by Crippen LogP contribution is -2.01. The molecule has 0 unspecified atom stereocenters. The van der Waals surface area contributed by atoms with Gasteiger partial charge in [0.25, 0.3) is 0 Å². The average molecular weight is 441 g/mol. The van der Waals surface area contributed by atoms with E-state index in [1.54, 1.807) is 20.4 Å². The summed E-state index contributed by atoms with van der Waals surface area (Å²) in [5.74, 6) is 1.49. The largest absolute Gasteiger partial charge is 0.496 e. The molecule has 1 aromatic heterocycles. The highest BCUT2D eigenvalue weighted by atomic mass is 127. The van der Waals surface area contributed by atoms with Crippen LogP contribution in [0.25, 0.3) is 16.9 Å². The molecular formula is C17H14ClIN2O2. The number of halogens is 2. The molecule has 0 saturated carbocycles. The van der Waals surface area contributed by atoms with Crippen LogP contribution >= 0.6 is 34.2 Å². The third-order valence-corrected chi connectivity index (χ3v) is 4.64. The molecule has 2 aromatic carbocycles. The van der Waals surface area contributed by atoms with Gasteiger partial charge in [0.05, 0.1) is 40.4 Å². The van der Waals surface area contributed by atoms with Gasteiger partial charge in [-0.1, -0.05) is 23.7 Å². The molecule has 0 fully saturated rings. The van der Waals surface area contributed by atoms with Crippen molar-refractivity contribution in [2.45, 2.75) is 0 Å². The number of ether oxygens (including phenoxy) is 2. The molecule has 0 saturated heterocycles. The maximum atomic E-state index is 6.31. The number of nitrogens with zero attached hydrogens (tertiary/aromatic N) is 2. The van der Waals surface area contributed by atoms with Crippen LogP contribution in [-0.4, -0.2) is 24.0 Å². The number of aromatic nitrogens is 2. The van der Waals surface area contributed by atoms with Crippen molar-refractivity contribution in [3.63, 3.8) is 0 Å². The molecule has 0 aliphatic rings. The summed E-state index contributed by atoms with van der Waals surface area (Å²) >= 11 is 8.55. The molecule has 0 spiro atoms. The zero-order valence-electron chi connectivity index (χ0n) is 12.6. The zero-order valence-corrected chi connectivity index (χ0v) is 15.5. The predicted octanol–water partition coefficient (Wildman–Crippen LogP) is 4.81. The molecule has 6 heteroatoms. The predicted molar refractivity (Wildman–Crippen MR) is 99.8 cm³/mol. The van der Waals surface area contributed by atoms with E-state index in [0.29, 0.717) is 5.02 Å². The Bertz CT molecular complexity index is 848. The maximum Gasteiger partial charge on any atom is 0.135 e. The summed E-state index contributed by atoms with van der Waals surface area (Å²) < 4.78 is 13.7. The summed E-state index contributed by atoms with van der Waals surface area (Å²) in [4.78, 5) is 0. The second kappa shape index (κ2) is 6.80. The number of hydrogen-bond donors (Lipinski definition) is 0. The first-order valence-electron chi connectivity index (χ1n) is 6.86. The molecule has 23 heavy (non-hydrogen) atoms. The van der Waals surface area contributed by atoms with E-state index in [-0.39, 0.29) is 0 Å². The molecule has 0 aliphatic heterocycles. The molecular weight excluding hydrogens is 427 g/mol. The second-order valence-corrected chi connectivity index (χ2v) is 6.34. The van der Waals surface area contributed by atoms with Gasteiger partial charge in [0, 0.05) is 11.6 Å². The molecule has 0 bridgehead atoms. The Morgan fingerprint density at radius 1 is 1.04 bits per heavy atom. The summed E-state index contributed by atoms with van der Waals surface area (Å²) in [7, 11) is 3.28. The van der Waals surface area contributed by atoms with Crippen molar-refractivity contribution in [3.05, 3.63) is 57.3 Å². The second-order valence-electron chi connectivity index (χ2n) is 4.77. The minimum absolute atomic E-state index is 0.639. The van der Waals surface area contributed by atoms with E-state index in [0.717, 1.165) is 32.0 Å². The molecule has 4 nitrogen and oxygen atoms in total. The summed E-state index contributed by atoms with van der Waals surface area (Å²) in [5, 5.41) is 5.05. The number of para-hydroxylation sites is 1. The standard InChI is InChI=1S/C17H14ClIN2O2/c1-22-16-10-17(23-2)13(19)9-11(16)14-7-8-20-21(14)15-6-4-3-5-12(15)18/h3-10H,1-2H3. The van der Waals surface area contributed by atoms with Crippen LogP contribution in [0.4, 0.5) is 0 Å². The van der Waals surface area contributed by atoms with E-state index in [4.69, 9.17) is 21.1 Å². The third-order valence-electron chi connectivity index (χ3n) is 3.47. The molecule has 0 radical (unpaired) electrons. The molecule has 0 aliphatic carbocycles. The van der Waals surface area contributed by atoms with Crippen molar-refractivity contribution in [1.82, 2.24) is 9.78 Å². The van der Waals surface area contributed by atoms with E-state index in [2.05, 4.69) is 27.7 Å². The Kier molecular flexibility index (Phi) is 4.77. The van der Waals surface area contributed by atoms with Gasteiger partial charge in [0.15, 0.2) is 0 Å². The van der Waals surface area contributed by atoms with Crippen LogP contribution in [0.2, 0.25) is 5.02 Å². The van der Waals surface area contributed by atoms with Crippen LogP contribution in [0.3, 0.4) is 0 Å². The summed E-state index contributed by atoms with van der Waals surface area (Å²) in [6.45, 7) is 0. The Hall–Kier alpha value is -1.73. The van der Waals surface area contributed by atoms with E-state index in [9.17, 15) is 0 Å². The van der Waals surface area contributed by atoms with E-state index in [1.807, 2.05) is 47.1 Å². The van der Waals surface area contributed by atoms with Gasteiger partial charge >= 0.3 is 0 Å². The Morgan fingerprint density at radius 2 is 1.78 bits per heavy atom. The highest BCUT2D eigenvalue weighted by Crippen LogP contribution is 2.37. The van der Waals surface area contributed by atoms with Gasteiger partial charge in [-0.05, 0) is 46.9 Å². The van der Waals surface area contributed by atoms with Crippen LogP contribution < -0.4 is 9.47 Å². The average Bonchev–Trinajstić information content (AvgIpc) is 3.04. The minimum atomic E-state index is 0.639. The van der Waals surface area contributed by atoms with Gasteiger partial charge in [-0.15, -0.1) is 0 Å². The topological polar surface area (TPSA) is 36.3 Å². The minimum Gasteiger partial charge on any atom is -0.496 e. The Morgan fingerprint density at radius 3 is 2.48 bits per heavy atom. The van der Waals surface area contributed by atoms with E-state index < -0.39 is 0 Å². The highest BCUT2D eigenvalue weighted by molar-refractivity contribution is 14.1. The molecule has 118 valence electrons. The van der Waals surface area contributed by atoms with Crippen LogP contribution in [-0.2, 0) is 0 Å². The molecule has 0 N–H and O–H groups in total. The molecule has 0 amide bonds. The lowest BCUT2D eigenvalue weighted by molar-refractivity contribution is 0.393. The van der Waals surface area contributed by atoms with Crippen molar-refractivity contribution in [1.29, 1.82) is 0 Å². The van der Waals surface area contributed by atoms with Gasteiger partial charge < -0.3 is 9.47 Å². The molecule has 3 aromatic rings. The van der Waals surface area contributed by atoms with Gasteiger partial charge in [0.2, 0.25) is 0 Å². The van der Waals surface area contributed by atoms with Crippen molar-refractivity contribution in [3.8, 4) is 28.4 Å². The fourth-order valence-corrected chi connectivity index (χ4v) is 3.29. The Balaban J connectivity index is 2.20. The van der Waals surface area contributed by atoms with Crippen molar-refractivity contribution in [2.24, 2.45) is 0 Å². The lowest BCUT2D eigenvalue weighted by atomic mass is 10.1. The number of hydrogen-bond acceptors (Lipinski definition) is 3. The summed E-state index contributed by atoms with van der Waals surface area (Å²) in [6, 6.07) is 13.4. The molecule has 0 atom stereocenters. The highest BCUT2D eigenvalue weighted by Gasteiger charge is 2.16. The van der Waals surface area contributed by atoms with Gasteiger partial charge in [0.1, 0.15) is 11.5 Å². The van der Waals surface area contributed by atoms with Gasteiger partial charge in [-0.3, -0.25) is 0 Å². The number of methoxy groups -OCH3 is 2. The fourth-order valence-electron chi connectivity index (χ4n) is 2.38. The van der Waals surface area contributed by atoms with Crippen molar-refractivity contribution < 1.29 is 9.47 Å². The Labute approximate surface area is 153 Å². The normalized spacial score (nSPS) is 10.6. The fraction of sp³-hybridized carbons (Fsp3) is 0.118. The first kappa shape index (κ1) is 16.1. The third kappa shape index (κ3) is 3.03. The van der Waals surface area contributed by atoms with Crippen LogP contribution in [0, 0.1) is 3.57 Å². The maximum absolute atomic E-state index is 6.31. The molecule has 1 heterocycles. The van der Waals surface area contributed by atoms with Gasteiger partial charge in [-0.2, -0.15) is 5.10 Å². The number of benzene rings is 2. The van der Waals surface area contributed by atoms with Crippen LogP contribution in [0.15, 0.2) is 48.7 Å². The van der Waals surface area contributed by atoms with Crippen molar-refractivity contribution >= 4 is 34.2 Å². The quantitative estimate of drug-likeness (QED) is 0.546. The monoisotopic (exact) mass is 440 g/mol. The first-order chi connectivity index (χ1) is 11.2. The van der Waals surface area contributed by atoms with Crippen LogP contribution in [0.5, 0.6) is 11.5 Å². The molecule has 3 rings (SSSR count). The van der Waals surface area contributed by atoms with Gasteiger partial charge in [-0.25, -0.2) is 4.68 Å². The first-order valence-corrected chi connectivity index (χ1v) is 8.32. The summed E-state index contributed by atoms with van der Waals surface area (Å²) in [5.41, 5.74) is 2.65. The smallest absolute Gasteiger partial charge is 0.135 e. The van der Waals surface area contributed by atoms with Crippen molar-refractivity contribution in [2.75, 3.05) is 14.2 Å². The van der Waals surface area contributed by atoms with Crippen LogP contribution in [0.1, 0.15) is 0 Å². The van der Waals surface area contributed by atoms with E-state index in [1.165, 1.54) is 0 Å².